The zero-order valence-corrected chi connectivity index (χ0v) is 5.37. The lowest BCUT2D eigenvalue weighted by molar-refractivity contribution is 0.705. The first-order valence-corrected chi connectivity index (χ1v) is 3.71. The van der Waals surface area contributed by atoms with E-state index in [0.717, 1.165) is 5.25 Å². The van der Waals surface area contributed by atoms with Crippen LogP contribution in [0.15, 0.2) is 0 Å². The molecule has 1 fully saturated rings. The summed E-state index contributed by atoms with van der Waals surface area (Å²) in [5, 5.41) is 0.815. The van der Waals surface area contributed by atoms with Gasteiger partial charge < -0.3 is 5.73 Å². The Labute approximate surface area is 48.7 Å². The van der Waals surface area contributed by atoms with E-state index in [0.29, 0.717) is 6.04 Å². The largest absolute Gasteiger partial charge is 0.327 e. The van der Waals surface area contributed by atoms with Gasteiger partial charge in [-0.25, -0.2) is 0 Å². The fourth-order valence-electron chi connectivity index (χ4n) is 0.850. The zero-order chi connectivity index (χ0) is 5.28. The van der Waals surface area contributed by atoms with Gasteiger partial charge >= 0.3 is 0 Å². The molecular formula is C5H11NS. The van der Waals surface area contributed by atoms with Crippen LogP contribution in [-0.4, -0.2) is 17.0 Å². The van der Waals surface area contributed by atoms with Crippen LogP contribution in [0.4, 0.5) is 0 Å². The van der Waals surface area contributed by atoms with Crippen LogP contribution in [0.2, 0.25) is 0 Å². The van der Waals surface area contributed by atoms with E-state index >= 15 is 0 Å². The molecule has 1 heterocycles. The van der Waals surface area contributed by atoms with Crippen molar-refractivity contribution in [2.24, 2.45) is 5.73 Å². The van der Waals surface area contributed by atoms with Crippen molar-refractivity contribution in [2.45, 2.75) is 24.6 Å². The lowest BCUT2D eigenvalue weighted by Crippen LogP contribution is -2.18. The molecular weight excluding hydrogens is 106 g/mol. The molecule has 7 heavy (non-hydrogen) atoms. The van der Waals surface area contributed by atoms with Crippen LogP contribution in [-0.2, 0) is 0 Å². The van der Waals surface area contributed by atoms with E-state index in [-0.39, 0.29) is 0 Å². The molecule has 1 aliphatic heterocycles. The first kappa shape index (κ1) is 5.45. The van der Waals surface area contributed by atoms with Crippen molar-refractivity contribution in [3.63, 3.8) is 0 Å². The predicted molar refractivity (Wildman–Crippen MR) is 34.5 cm³/mol. The van der Waals surface area contributed by atoms with Gasteiger partial charge in [-0.2, -0.15) is 11.8 Å². The molecule has 0 aliphatic carbocycles. The summed E-state index contributed by atoms with van der Waals surface area (Å²) in [5.41, 5.74) is 5.60. The monoisotopic (exact) mass is 117 g/mol. The fourth-order valence-corrected chi connectivity index (χ4v) is 1.95. The van der Waals surface area contributed by atoms with Crippen LogP contribution in [0.1, 0.15) is 13.3 Å². The Morgan fingerprint density at radius 2 is 2.43 bits per heavy atom. The Bertz CT molecular complexity index is 57.1. The lowest BCUT2D eigenvalue weighted by Gasteiger charge is -1.95. The average molecular weight is 117 g/mol. The highest BCUT2D eigenvalue weighted by atomic mass is 32.2. The minimum Gasteiger partial charge on any atom is -0.327 e. The lowest BCUT2D eigenvalue weighted by atomic mass is 10.2. The number of nitrogens with two attached hydrogens (primary N) is 1. The molecule has 0 aromatic heterocycles. The molecule has 2 heteroatoms. The quantitative estimate of drug-likeness (QED) is 0.509. The molecule has 2 atom stereocenters. The third-order valence-electron chi connectivity index (χ3n) is 1.23. The topological polar surface area (TPSA) is 26.0 Å². The Kier molecular flexibility index (Phi) is 1.60. The second kappa shape index (κ2) is 2.05. The van der Waals surface area contributed by atoms with Crippen LogP contribution in [0, 0.1) is 0 Å². The van der Waals surface area contributed by atoms with Gasteiger partial charge in [0.25, 0.3) is 0 Å². The van der Waals surface area contributed by atoms with E-state index < -0.39 is 0 Å². The molecule has 42 valence electrons. The average Bonchev–Trinajstić information content (AvgIpc) is 1.87. The molecule has 1 saturated heterocycles. The van der Waals surface area contributed by atoms with Crippen LogP contribution in [0.5, 0.6) is 0 Å². The number of hydrogen-bond donors (Lipinski definition) is 1. The van der Waals surface area contributed by atoms with E-state index in [1.54, 1.807) is 0 Å². The van der Waals surface area contributed by atoms with Crippen molar-refractivity contribution in [1.29, 1.82) is 0 Å². The maximum Gasteiger partial charge on any atom is 0.0140 e. The normalized spacial score (nSPS) is 42.0. The van der Waals surface area contributed by atoms with Crippen molar-refractivity contribution in [2.75, 3.05) is 5.75 Å². The van der Waals surface area contributed by atoms with Gasteiger partial charge in [0.05, 0.1) is 0 Å². The standard InChI is InChI=1S/C5H11NS/c1-4-2-5(6)3-7-4/h4-5H,2-3,6H2,1H3. The third kappa shape index (κ3) is 1.35. The summed E-state index contributed by atoms with van der Waals surface area (Å²) in [4.78, 5) is 0. The van der Waals surface area contributed by atoms with E-state index in [2.05, 4.69) is 6.92 Å². The second-order valence-corrected chi connectivity index (χ2v) is 3.61. The number of thioether (sulfide) groups is 1. The van der Waals surface area contributed by atoms with Gasteiger partial charge in [-0.3, -0.25) is 0 Å². The first-order valence-electron chi connectivity index (χ1n) is 2.66. The molecule has 2 N–H and O–H groups in total. The number of rotatable bonds is 0. The highest BCUT2D eigenvalue weighted by molar-refractivity contribution is 8.00. The summed E-state index contributed by atoms with van der Waals surface area (Å²) in [6, 6.07) is 0.486. The molecule has 0 aromatic rings. The van der Waals surface area contributed by atoms with Crippen molar-refractivity contribution in [3.05, 3.63) is 0 Å². The Hall–Kier alpha value is 0.310. The minimum absolute atomic E-state index is 0.486. The molecule has 1 rings (SSSR count). The van der Waals surface area contributed by atoms with E-state index in [1.807, 2.05) is 11.8 Å². The molecule has 1 nitrogen and oxygen atoms in total. The van der Waals surface area contributed by atoms with Crippen LogP contribution >= 0.6 is 11.8 Å². The predicted octanol–water partition coefficient (Wildman–Crippen LogP) is 0.839. The summed E-state index contributed by atoms with van der Waals surface area (Å²) in [6.07, 6.45) is 1.21. The molecule has 2 unspecified atom stereocenters. The smallest absolute Gasteiger partial charge is 0.0140 e. The van der Waals surface area contributed by atoms with Gasteiger partial charge in [0.1, 0.15) is 0 Å². The molecule has 1 aliphatic rings. The summed E-state index contributed by atoms with van der Waals surface area (Å²) in [5.74, 6) is 1.17. The molecule has 0 saturated carbocycles. The van der Waals surface area contributed by atoms with Gasteiger partial charge in [0, 0.05) is 17.0 Å². The highest BCUT2D eigenvalue weighted by Crippen LogP contribution is 2.23. The maximum absolute atomic E-state index is 5.60. The van der Waals surface area contributed by atoms with Gasteiger partial charge in [-0.15, -0.1) is 0 Å². The van der Waals surface area contributed by atoms with Crippen molar-refractivity contribution >= 4 is 11.8 Å². The van der Waals surface area contributed by atoms with Gasteiger partial charge in [0.2, 0.25) is 0 Å². The zero-order valence-electron chi connectivity index (χ0n) is 4.55. The van der Waals surface area contributed by atoms with Crippen molar-refractivity contribution < 1.29 is 0 Å². The summed E-state index contributed by atoms with van der Waals surface area (Å²) in [6.45, 7) is 2.23. The highest BCUT2D eigenvalue weighted by Gasteiger charge is 2.16. The Balaban J connectivity index is 2.26. The molecule has 0 radical (unpaired) electrons. The van der Waals surface area contributed by atoms with E-state index in [1.165, 1.54) is 12.2 Å². The molecule has 0 aromatic carbocycles. The maximum atomic E-state index is 5.60. The second-order valence-electron chi connectivity index (χ2n) is 2.14. The van der Waals surface area contributed by atoms with Crippen molar-refractivity contribution in [3.8, 4) is 0 Å². The third-order valence-corrected chi connectivity index (χ3v) is 2.61. The summed E-state index contributed by atoms with van der Waals surface area (Å²) >= 11 is 1.98. The fraction of sp³-hybridized carbons (Fsp3) is 1.00. The van der Waals surface area contributed by atoms with E-state index in [9.17, 15) is 0 Å². The van der Waals surface area contributed by atoms with Crippen LogP contribution in [0.3, 0.4) is 0 Å². The molecule has 0 spiro atoms. The van der Waals surface area contributed by atoms with Crippen molar-refractivity contribution in [1.82, 2.24) is 0 Å². The molecule has 0 amide bonds. The summed E-state index contributed by atoms with van der Waals surface area (Å²) < 4.78 is 0. The Morgan fingerprint density at radius 1 is 1.71 bits per heavy atom. The first-order chi connectivity index (χ1) is 3.29. The molecule has 0 bridgehead atoms. The SMILES string of the molecule is CC1CC(N)CS1. The Morgan fingerprint density at radius 3 is 2.57 bits per heavy atom. The number of hydrogen-bond acceptors (Lipinski definition) is 2. The minimum atomic E-state index is 0.486. The summed E-state index contributed by atoms with van der Waals surface area (Å²) in [7, 11) is 0. The van der Waals surface area contributed by atoms with Crippen LogP contribution < -0.4 is 5.73 Å². The van der Waals surface area contributed by atoms with E-state index in [4.69, 9.17) is 5.73 Å². The van der Waals surface area contributed by atoms with Gasteiger partial charge in [0.15, 0.2) is 0 Å². The van der Waals surface area contributed by atoms with Gasteiger partial charge in [-0.05, 0) is 6.42 Å². The van der Waals surface area contributed by atoms with Gasteiger partial charge in [-0.1, -0.05) is 6.92 Å². The van der Waals surface area contributed by atoms with Crippen LogP contribution in [0.25, 0.3) is 0 Å².